The van der Waals surface area contributed by atoms with E-state index in [4.69, 9.17) is 0 Å². The molecule has 6 aliphatic carbocycles. The first-order chi connectivity index (χ1) is 33.0. The minimum Gasteiger partial charge on any atom is -0.310 e. The van der Waals surface area contributed by atoms with Crippen LogP contribution in [0.4, 0.5) is 34.1 Å². The minimum atomic E-state index is -0.165. The zero-order valence-corrected chi connectivity index (χ0v) is 38.8. The maximum absolute atomic E-state index is 2.65. The lowest BCUT2D eigenvalue weighted by Crippen LogP contribution is -2.34. The lowest BCUT2D eigenvalue weighted by molar-refractivity contribution is 0.350. The molecule has 0 N–H and O–H groups in total. The number of nitrogens with zero attached hydrogens (tertiary/aromatic N) is 2. The fourth-order valence-electron chi connectivity index (χ4n) is 15.3. The quantitative estimate of drug-likeness (QED) is 0.150. The molecule has 8 aromatic carbocycles. The second-order valence-electron chi connectivity index (χ2n) is 21.5. The van der Waals surface area contributed by atoms with Crippen molar-refractivity contribution in [3.63, 3.8) is 0 Å². The van der Waals surface area contributed by atoms with E-state index in [1.165, 1.54) is 117 Å². The van der Waals surface area contributed by atoms with Crippen LogP contribution in [0, 0.1) is 23.7 Å². The predicted molar refractivity (Wildman–Crippen MR) is 278 cm³/mol. The van der Waals surface area contributed by atoms with Gasteiger partial charge in [0.1, 0.15) is 0 Å². The summed E-state index contributed by atoms with van der Waals surface area (Å²) in [5, 5.41) is 0. The van der Waals surface area contributed by atoms with E-state index in [2.05, 4.69) is 212 Å². The Morgan fingerprint density at radius 3 is 1.61 bits per heavy atom. The molecule has 2 bridgehead atoms. The number of hydrogen-bond donors (Lipinski definition) is 0. The topological polar surface area (TPSA) is 6.48 Å². The average Bonchev–Trinajstić information content (AvgIpc) is 4.23. The molecular weight excluding hydrogens is 809 g/mol. The van der Waals surface area contributed by atoms with Gasteiger partial charge in [0.25, 0.3) is 0 Å². The third-order valence-corrected chi connectivity index (χ3v) is 18.0. The first-order valence-corrected chi connectivity index (χ1v) is 25.4. The summed E-state index contributed by atoms with van der Waals surface area (Å²) in [5.41, 5.74) is 23.1. The fraction of sp³-hybridized carbons (Fsp3) is 0.262. The van der Waals surface area contributed by atoms with Gasteiger partial charge in [-0.2, -0.15) is 0 Å². The van der Waals surface area contributed by atoms with Crippen LogP contribution in [0.15, 0.2) is 188 Å². The van der Waals surface area contributed by atoms with Crippen molar-refractivity contribution in [1.82, 2.24) is 0 Å². The van der Waals surface area contributed by atoms with E-state index in [-0.39, 0.29) is 10.8 Å². The molecule has 6 unspecified atom stereocenters. The second-order valence-corrected chi connectivity index (χ2v) is 21.5. The van der Waals surface area contributed by atoms with Crippen molar-refractivity contribution in [3.8, 4) is 22.3 Å². The van der Waals surface area contributed by atoms with Crippen molar-refractivity contribution in [2.45, 2.75) is 82.0 Å². The Morgan fingerprint density at radius 2 is 1.01 bits per heavy atom. The summed E-state index contributed by atoms with van der Waals surface area (Å²) in [6.45, 7) is 4.86. The number of anilines is 6. The van der Waals surface area contributed by atoms with Crippen LogP contribution in [0.25, 0.3) is 22.3 Å². The number of rotatable bonds is 8. The van der Waals surface area contributed by atoms with Crippen LogP contribution in [0.2, 0.25) is 0 Å². The molecule has 6 aliphatic rings. The molecule has 0 aliphatic heterocycles. The van der Waals surface area contributed by atoms with E-state index in [1.807, 2.05) is 0 Å². The number of para-hydroxylation sites is 2. The van der Waals surface area contributed by atoms with Crippen LogP contribution in [0.1, 0.15) is 97.2 Å². The Kier molecular flexibility index (Phi) is 8.81. The van der Waals surface area contributed by atoms with Gasteiger partial charge in [-0.15, -0.1) is 0 Å². The van der Waals surface area contributed by atoms with Gasteiger partial charge in [-0.05, 0) is 196 Å². The summed E-state index contributed by atoms with van der Waals surface area (Å²) >= 11 is 0. The highest BCUT2D eigenvalue weighted by molar-refractivity contribution is 5.97. The number of hydrogen-bond acceptors (Lipinski definition) is 2. The van der Waals surface area contributed by atoms with Gasteiger partial charge in [0.2, 0.25) is 0 Å². The molecule has 67 heavy (non-hydrogen) atoms. The molecular formula is C65H58N2. The van der Waals surface area contributed by atoms with Crippen LogP contribution < -0.4 is 9.80 Å². The summed E-state index contributed by atoms with van der Waals surface area (Å²) in [5.74, 6) is 3.57. The minimum absolute atomic E-state index is 0.130. The summed E-state index contributed by atoms with van der Waals surface area (Å²) < 4.78 is 0. The van der Waals surface area contributed by atoms with Gasteiger partial charge in [-0.3, -0.25) is 0 Å². The zero-order chi connectivity index (χ0) is 44.4. The third kappa shape index (κ3) is 5.75. The Hall–Kier alpha value is -6.64. The molecule has 328 valence electrons. The molecule has 0 aromatic heterocycles. The fourth-order valence-corrected chi connectivity index (χ4v) is 15.3. The predicted octanol–water partition coefficient (Wildman–Crippen LogP) is 16.9. The van der Waals surface area contributed by atoms with Gasteiger partial charge in [-0.25, -0.2) is 0 Å². The lowest BCUT2D eigenvalue weighted by Gasteiger charge is -2.40. The van der Waals surface area contributed by atoms with Crippen molar-refractivity contribution in [2.75, 3.05) is 9.80 Å². The van der Waals surface area contributed by atoms with Crippen LogP contribution in [-0.2, 0) is 23.7 Å². The van der Waals surface area contributed by atoms with E-state index in [9.17, 15) is 0 Å². The van der Waals surface area contributed by atoms with Crippen molar-refractivity contribution < 1.29 is 0 Å². The maximum atomic E-state index is 2.65. The first kappa shape index (κ1) is 39.5. The van der Waals surface area contributed by atoms with Gasteiger partial charge in [0.05, 0.1) is 11.4 Å². The van der Waals surface area contributed by atoms with Crippen LogP contribution in [-0.4, -0.2) is 0 Å². The van der Waals surface area contributed by atoms with Crippen LogP contribution in [0.3, 0.4) is 0 Å². The molecule has 0 radical (unpaired) electrons. The summed E-state index contributed by atoms with van der Waals surface area (Å²) in [4.78, 5) is 5.28. The molecule has 2 nitrogen and oxygen atoms in total. The Balaban J connectivity index is 0.985. The molecule has 0 heterocycles. The van der Waals surface area contributed by atoms with Gasteiger partial charge in [0.15, 0.2) is 0 Å². The van der Waals surface area contributed by atoms with E-state index in [0.717, 1.165) is 30.6 Å². The van der Waals surface area contributed by atoms with Crippen LogP contribution in [0.5, 0.6) is 0 Å². The summed E-state index contributed by atoms with van der Waals surface area (Å²) in [6.07, 6.45) is 10.4. The van der Waals surface area contributed by atoms with E-state index in [0.29, 0.717) is 11.8 Å². The molecule has 0 amide bonds. The maximum Gasteiger partial charge on any atom is 0.0505 e. The standard InChI is InChI=1S/C65H58N2/c1-64(2)57-25-13-12-24-54(57)61-56(43-16-6-3-7-17-43)40-53(41-58(61)64)67(51-22-10-5-11-23-51)60-27-15-19-47-39-49-33-32-48-38-46-18-14-26-59(62(46)65(48,49)63(47)60)66(50-20-8-4-9-21-50)52-34-30-44(31-35-52)55-37-42-28-29-45(55)36-42/h3-27,30-31,34-35,40-42,45,48-49,55H,28-29,32-33,36-39H2,1-2H3. The van der Waals surface area contributed by atoms with Crippen molar-refractivity contribution in [1.29, 1.82) is 0 Å². The van der Waals surface area contributed by atoms with Gasteiger partial charge in [-0.1, -0.05) is 148 Å². The van der Waals surface area contributed by atoms with E-state index < -0.39 is 0 Å². The summed E-state index contributed by atoms with van der Waals surface area (Å²) in [6, 6.07) is 72.3. The normalized spacial score (nSPS) is 24.1. The molecule has 2 heteroatoms. The number of benzene rings is 8. The van der Waals surface area contributed by atoms with Crippen molar-refractivity contribution >= 4 is 34.1 Å². The molecule has 1 spiro atoms. The second kappa shape index (κ2) is 14.9. The smallest absolute Gasteiger partial charge is 0.0505 e. The Labute approximate surface area is 397 Å². The number of fused-ring (bicyclic) bond motifs is 7. The van der Waals surface area contributed by atoms with Crippen molar-refractivity contribution in [3.05, 3.63) is 227 Å². The third-order valence-electron chi connectivity index (χ3n) is 18.0. The highest BCUT2D eigenvalue weighted by Crippen LogP contribution is 2.69. The summed E-state index contributed by atoms with van der Waals surface area (Å²) in [7, 11) is 0. The van der Waals surface area contributed by atoms with Crippen LogP contribution >= 0.6 is 0 Å². The Morgan fingerprint density at radius 1 is 0.448 bits per heavy atom. The van der Waals surface area contributed by atoms with Gasteiger partial charge in [0, 0.05) is 33.6 Å². The monoisotopic (exact) mass is 866 g/mol. The van der Waals surface area contributed by atoms with E-state index >= 15 is 0 Å². The molecule has 8 aromatic rings. The molecule has 0 saturated heterocycles. The zero-order valence-electron chi connectivity index (χ0n) is 38.8. The van der Waals surface area contributed by atoms with Gasteiger partial charge >= 0.3 is 0 Å². The average molecular weight is 867 g/mol. The van der Waals surface area contributed by atoms with Gasteiger partial charge < -0.3 is 9.80 Å². The highest BCUT2D eigenvalue weighted by Gasteiger charge is 2.62. The van der Waals surface area contributed by atoms with E-state index in [1.54, 1.807) is 16.7 Å². The molecule has 3 fully saturated rings. The Bertz CT molecular complexity index is 3200. The molecule has 3 saturated carbocycles. The lowest BCUT2D eigenvalue weighted by atomic mass is 9.68. The molecule has 6 atom stereocenters. The van der Waals surface area contributed by atoms with Crippen molar-refractivity contribution in [2.24, 2.45) is 23.7 Å². The highest BCUT2D eigenvalue weighted by atomic mass is 15.2. The largest absolute Gasteiger partial charge is 0.310 e. The SMILES string of the molecule is CC1(C)c2ccccc2-c2c(-c3ccccc3)cc(N(c3ccccc3)c3cccc4c3C35c6c(cccc6N(c6ccccc6)c6ccc(C7CC8CCC7C8)cc6)CC3CCC5C4)cc21. The molecule has 14 rings (SSSR count). The first-order valence-electron chi connectivity index (χ1n) is 25.4.